The zero-order valence-electron chi connectivity index (χ0n) is 18.2. The van der Waals surface area contributed by atoms with E-state index >= 15 is 0 Å². The molecule has 0 radical (unpaired) electrons. The first-order valence-electron chi connectivity index (χ1n) is 10.5. The molecule has 0 aliphatic carbocycles. The second-order valence-electron chi connectivity index (χ2n) is 7.63. The zero-order valence-corrected chi connectivity index (χ0v) is 19.0. The largest absolute Gasteiger partial charge is 0.465 e. The Morgan fingerprint density at radius 1 is 1.23 bits per heavy atom. The van der Waals surface area contributed by atoms with Gasteiger partial charge in [0.1, 0.15) is 13.1 Å². The normalized spacial score (nSPS) is 15.4. The highest BCUT2D eigenvalue weighted by Gasteiger charge is 2.34. The number of nitrogens with zero attached hydrogens (tertiary/aromatic N) is 2. The fraction of sp³-hybridized carbons (Fsp3) is 0.435. The third-order valence-electron chi connectivity index (χ3n) is 5.28. The van der Waals surface area contributed by atoms with E-state index in [1.807, 2.05) is 49.1 Å². The number of hydrogen-bond donors (Lipinski definition) is 1. The van der Waals surface area contributed by atoms with Crippen LogP contribution in [0.3, 0.4) is 0 Å². The Morgan fingerprint density at radius 3 is 2.65 bits per heavy atom. The minimum Gasteiger partial charge on any atom is -0.465 e. The van der Waals surface area contributed by atoms with Crippen molar-refractivity contribution in [3.63, 3.8) is 0 Å². The maximum absolute atomic E-state index is 13.4. The van der Waals surface area contributed by atoms with Crippen LogP contribution in [0.25, 0.3) is 0 Å². The molecule has 2 aromatic rings. The fourth-order valence-corrected chi connectivity index (χ4v) is 4.67. The molecule has 3 amide bonds. The van der Waals surface area contributed by atoms with Crippen molar-refractivity contribution < 1.29 is 19.1 Å². The number of esters is 1. The summed E-state index contributed by atoms with van der Waals surface area (Å²) in [7, 11) is 0. The minimum absolute atomic E-state index is 0.0604. The first kappa shape index (κ1) is 22.8. The molecule has 0 saturated heterocycles. The van der Waals surface area contributed by atoms with Gasteiger partial charge in [-0.3, -0.25) is 9.59 Å². The summed E-state index contributed by atoms with van der Waals surface area (Å²) in [6.45, 7) is 5.97. The zero-order chi connectivity index (χ0) is 22.4. The highest BCUT2D eigenvalue weighted by atomic mass is 32.1. The molecule has 1 aromatic heterocycles. The molecule has 31 heavy (non-hydrogen) atoms. The molecule has 1 unspecified atom stereocenters. The van der Waals surface area contributed by atoms with Crippen molar-refractivity contribution in [2.24, 2.45) is 0 Å². The van der Waals surface area contributed by atoms with E-state index in [0.29, 0.717) is 6.54 Å². The highest BCUT2D eigenvalue weighted by Crippen LogP contribution is 2.37. The van der Waals surface area contributed by atoms with Crippen LogP contribution in [0.5, 0.6) is 0 Å². The van der Waals surface area contributed by atoms with Gasteiger partial charge >= 0.3 is 12.0 Å². The number of urea groups is 1. The van der Waals surface area contributed by atoms with Crippen LogP contribution in [0.4, 0.5) is 4.79 Å². The van der Waals surface area contributed by atoms with Crippen LogP contribution in [0.2, 0.25) is 0 Å². The fourth-order valence-electron chi connectivity index (χ4n) is 3.77. The van der Waals surface area contributed by atoms with Crippen LogP contribution in [0.15, 0.2) is 41.8 Å². The summed E-state index contributed by atoms with van der Waals surface area (Å²) in [4.78, 5) is 42.2. The number of amides is 3. The summed E-state index contributed by atoms with van der Waals surface area (Å²) < 4.78 is 4.85. The summed E-state index contributed by atoms with van der Waals surface area (Å²) in [5.41, 5.74) is 2.21. The first-order valence-corrected chi connectivity index (χ1v) is 11.4. The number of fused-ring (bicyclic) bond motifs is 1. The third kappa shape index (κ3) is 5.44. The van der Waals surface area contributed by atoms with Gasteiger partial charge in [-0.15, -0.1) is 11.3 Å². The second-order valence-corrected chi connectivity index (χ2v) is 8.64. The average Bonchev–Trinajstić information content (AvgIpc) is 3.24. The molecule has 0 fully saturated rings. The molecule has 0 bridgehead atoms. The van der Waals surface area contributed by atoms with Gasteiger partial charge in [0.25, 0.3) is 0 Å². The number of hydrogen-bond acceptors (Lipinski definition) is 5. The number of nitrogens with one attached hydrogen (secondary N) is 1. The van der Waals surface area contributed by atoms with E-state index in [9.17, 15) is 14.4 Å². The van der Waals surface area contributed by atoms with Gasteiger partial charge in [-0.25, -0.2) is 4.79 Å². The quantitative estimate of drug-likeness (QED) is 0.667. The number of rotatable bonds is 7. The van der Waals surface area contributed by atoms with E-state index in [0.717, 1.165) is 17.5 Å². The van der Waals surface area contributed by atoms with Crippen molar-refractivity contribution in [3.05, 3.63) is 57.8 Å². The summed E-state index contributed by atoms with van der Waals surface area (Å²) in [5, 5.41) is 4.62. The van der Waals surface area contributed by atoms with Crippen LogP contribution in [0.1, 0.15) is 42.8 Å². The molecule has 1 aliphatic rings. The molecule has 0 saturated carbocycles. The molecular formula is C23H29N3O4S. The first-order chi connectivity index (χ1) is 14.9. The van der Waals surface area contributed by atoms with Gasteiger partial charge < -0.3 is 19.9 Å². The summed E-state index contributed by atoms with van der Waals surface area (Å²) in [6.07, 6.45) is 0.804. The number of carbonyl (C=O) groups excluding carboxylic acids is 3. The van der Waals surface area contributed by atoms with E-state index < -0.39 is 12.0 Å². The van der Waals surface area contributed by atoms with Crippen molar-refractivity contribution in [3.8, 4) is 0 Å². The van der Waals surface area contributed by atoms with Crippen LogP contribution < -0.4 is 5.32 Å². The topological polar surface area (TPSA) is 79.0 Å². The van der Waals surface area contributed by atoms with E-state index in [1.165, 1.54) is 9.78 Å². The Labute approximate surface area is 187 Å². The predicted molar refractivity (Wildman–Crippen MR) is 120 cm³/mol. The molecule has 8 heteroatoms. The van der Waals surface area contributed by atoms with Gasteiger partial charge in [0.05, 0.1) is 12.6 Å². The van der Waals surface area contributed by atoms with Gasteiger partial charge in [-0.05, 0) is 49.8 Å². The summed E-state index contributed by atoms with van der Waals surface area (Å²) >= 11 is 1.72. The number of thiophene rings is 1. The minimum atomic E-state index is -0.504. The van der Waals surface area contributed by atoms with Crippen molar-refractivity contribution >= 4 is 29.2 Å². The number of benzene rings is 1. The van der Waals surface area contributed by atoms with Gasteiger partial charge in [-0.2, -0.15) is 0 Å². The van der Waals surface area contributed by atoms with Crippen LogP contribution in [-0.4, -0.2) is 60.0 Å². The Kier molecular flexibility index (Phi) is 7.68. The predicted octanol–water partition coefficient (Wildman–Crippen LogP) is 3.21. The van der Waals surface area contributed by atoms with Gasteiger partial charge in [-0.1, -0.05) is 30.3 Å². The smallest absolute Gasteiger partial charge is 0.325 e. The summed E-state index contributed by atoms with van der Waals surface area (Å²) in [6, 6.07) is 11.2. The van der Waals surface area contributed by atoms with Gasteiger partial charge in [0.2, 0.25) is 5.91 Å². The molecule has 1 aliphatic heterocycles. The van der Waals surface area contributed by atoms with Crippen molar-refractivity contribution in [2.45, 2.75) is 39.3 Å². The Balaban J connectivity index is 1.76. The number of ether oxygens (including phenoxy) is 1. The molecule has 3 rings (SSSR count). The standard InChI is InChI=1S/C23H29N3O4S/c1-4-30-21(28)14-24-23(29)26(16(2)3)15-20(27)25-12-10-19-18(11-13-31-19)22(25)17-8-6-5-7-9-17/h5-9,11,13,16,22H,4,10,12,14-15H2,1-3H3,(H,24,29). The van der Waals surface area contributed by atoms with Crippen molar-refractivity contribution in [1.82, 2.24) is 15.1 Å². The highest BCUT2D eigenvalue weighted by molar-refractivity contribution is 7.10. The Hall–Kier alpha value is -2.87. The molecule has 7 nitrogen and oxygen atoms in total. The van der Waals surface area contributed by atoms with E-state index in [1.54, 1.807) is 18.3 Å². The van der Waals surface area contributed by atoms with Gasteiger partial charge in [0.15, 0.2) is 0 Å². The van der Waals surface area contributed by atoms with Crippen molar-refractivity contribution in [1.29, 1.82) is 0 Å². The number of carbonyl (C=O) groups is 3. The van der Waals surface area contributed by atoms with E-state index in [4.69, 9.17) is 4.74 Å². The van der Waals surface area contributed by atoms with E-state index in [2.05, 4.69) is 16.8 Å². The SMILES string of the molecule is CCOC(=O)CNC(=O)N(CC(=O)N1CCc2sccc2C1c1ccccc1)C(C)C. The lowest BCUT2D eigenvalue weighted by molar-refractivity contribution is -0.141. The molecule has 0 spiro atoms. The lowest BCUT2D eigenvalue weighted by Gasteiger charge is -2.38. The monoisotopic (exact) mass is 443 g/mol. The van der Waals surface area contributed by atoms with E-state index in [-0.39, 0.29) is 37.7 Å². The average molecular weight is 444 g/mol. The summed E-state index contributed by atoms with van der Waals surface area (Å²) in [5.74, 6) is -0.623. The van der Waals surface area contributed by atoms with Crippen LogP contribution >= 0.6 is 11.3 Å². The second kappa shape index (κ2) is 10.4. The molecule has 2 heterocycles. The van der Waals surface area contributed by atoms with Crippen LogP contribution in [-0.2, 0) is 20.7 Å². The Morgan fingerprint density at radius 2 is 1.97 bits per heavy atom. The molecule has 1 aromatic carbocycles. The van der Waals surface area contributed by atoms with Gasteiger partial charge in [0, 0.05) is 17.5 Å². The third-order valence-corrected chi connectivity index (χ3v) is 6.28. The van der Waals surface area contributed by atoms with Crippen LogP contribution in [0, 0.1) is 0 Å². The molecular weight excluding hydrogens is 414 g/mol. The van der Waals surface area contributed by atoms with Crippen molar-refractivity contribution in [2.75, 3.05) is 26.2 Å². The lowest BCUT2D eigenvalue weighted by Crippen LogP contribution is -2.52. The maximum Gasteiger partial charge on any atom is 0.325 e. The molecule has 1 atom stereocenters. The molecule has 166 valence electrons. The Bertz CT molecular complexity index is 913. The lowest BCUT2D eigenvalue weighted by atomic mass is 9.93. The maximum atomic E-state index is 13.4. The molecule has 1 N–H and O–H groups in total.